The fraction of sp³-hybridized carbons (Fsp3) is 0.538. The van der Waals surface area contributed by atoms with Gasteiger partial charge in [-0.3, -0.25) is 0 Å². The Bertz CT molecular complexity index is 567. The third kappa shape index (κ3) is 3.45. The number of nitrogens with zero attached hydrogens (tertiary/aromatic N) is 3. The molecule has 0 spiro atoms. The number of hydrogen-bond acceptors (Lipinski definition) is 4. The number of nitrogens with one attached hydrogen (secondary N) is 1. The molecule has 0 radical (unpaired) electrons. The first-order valence-corrected chi connectivity index (χ1v) is 7.02. The molecular formula is C13H19BrN4O. The Labute approximate surface area is 121 Å². The minimum atomic E-state index is -0.145. The summed E-state index contributed by atoms with van der Waals surface area (Å²) in [7, 11) is 1.74. The van der Waals surface area contributed by atoms with Crippen molar-refractivity contribution in [3.8, 4) is 0 Å². The molecule has 2 rings (SSSR count). The molecule has 2 aromatic rings. The Hall–Kier alpha value is -1.14. The average molecular weight is 327 g/mol. The second-order valence-corrected chi connectivity index (χ2v) is 6.14. The van der Waals surface area contributed by atoms with Gasteiger partial charge in [0.25, 0.3) is 0 Å². The van der Waals surface area contributed by atoms with Gasteiger partial charge in [0, 0.05) is 19.3 Å². The first-order valence-electron chi connectivity index (χ1n) is 6.23. The van der Waals surface area contributed by atoms with Crippen molar-refractivity contribution >= 4 is 27.4 Å². The third-order valence-corrected chi connectivity index (χ3v) is 3.63. The molecule has 2 heterocycles. The summed E-state index contributed by atoms with van der Waals surface area (Å²) in [6.07, 6.45) is 4.53. The molecule has 0 fully saturated rings. The van der Waals surface area contributed by atoms with Gasteiger partial charge in [0.05, 0.1) is 16.3 Å². The van der Waals surface area contributed by atoms with Gasteiger partial charge in [-0.2, -0.15) is 5.10 Å². The van der Waals surface area contributed by atoms with Crippen LogP contribution >= 0.6 is 15.9 Å². The van der Waals surface area contributed by atoms with E-state index >= 15 is 0 Å². The molecule has 19 heavy (non-hydrogen) atoms. The number of halogens is 1. The van der Waals surface area contributed by atoms with Crippen LogP contribution < -0.4 is 5.32 Å². The molecule has 0 aliphatic heterocycles. The second-order valence-electron chi connectivity index (χ2n) is 5.29. The van der Waals surface area contributed by atoms with E-state index in [1.54, 1.807) is 17.8 Å². The maximum absolute atomic E-state index is 5.44. The van der Waals surface area contributed by atoms with Crippen LogP contribution in [0, 0.1) is 0 Å². The zero-order valence-corrected chi connectivity index (χ0v) is 13.2. The lowest BCUT2D eigenvalue weighted by Gasteiger charge is -2.27. The topological polar surface area (TPSA) is 51.5 Å². The van der Waals surface area contributed by atoms with Gasteiger partial charge in [0.2, 0.25) is 0 Å². The Balaban J connectivity index is 2.10. The highest BCUT2D eigenvalue weighted by Gasteiger charge is 2.20. The Morgan fingerprint density at radius 1 is 1.53 bits per heavy atom. The van der Waals surface area contributed by atoms with Crippen LogP contribution in [0.2, 0.25) is 0 Å². The van der Waals surface area contributed by atoms with E-state index in [1.165, 1.54) is 0 Å². The number of ether oxygens (including phenoxy) is 1. The predicted octanol–water partition coefficient (Wildman–Crippen LogP) is 3.11. The lowest BCUT2D eigenvalue weighted by atomic mass is 10.00. The van der Waals surface area contributed by atoms with E-state index in [9.17, 15) is 0 Å². The van der Waals surface area contributed by atoms with Crippen LogP contribution in [0.25, 0.3) is 5.65 Å². The number of aromatic nitrogens is 3. The van der Waals surface area contributed by atoms with Crippen molar-refractivity contribution in [2.75, 3.05) is 12.4 Å². The van der Waals surface area contributed by atoms with E-state index in [4.69, 9.17) is 4.74 Å². The maximum Gasteiger partial charge on any atom is 0.171 e. The molecule has 6 heteroatoms. The fourth-order valence-corrected chi connectivity index (χ4v) is 2.41. The summed E-state index contributed by atoms with van der Waals surface area (Å²) in [5.74, 6) is 0.841. The number of rotatable bonds is 5. The number of hydrogen-bond donors (Lipinski definition) is 1. The molecule has 5 nitrogen and oxygen atoms in total. The molecule has 1 N–H and O–H groups in total. The van der Waals surface area contributed by atoms with Gasteiger partial charge in [-0.1, -0.05) is 0 Å². The van der Waals surface area contributed by atoms with Crippen molar-refractivity contribution in [3.63, 3.8) is 0 Å². The molecule has 0 saturated carbocycles. The van der Waals surface area contributed by atoms with Gasteiger partial charge < -0.3 is 10.1 Å². The summed E-state index contributed by atoms with van der Waals surface area (Å²) in [4.78, 5) is 4.53. The van der Waals surface area contributed by atoms with Gasteiger partial charge in [-0.05, 0) is 49.2 Å². The van der Waals surface area contributed by atoms with Gasteiger partial charge in [0.15, 0.2) is 5.65 Å². The highest BCUT2D eigenvalue weighted by Crippen LogP contribution is 2.20. The monoisotopic (exact) mass is 326 g/mol. The van der Waals surface area contributed by atoms with Crippen LogP contribution in [-0.2, 0) is 4.74 Å². The number of methoxy groups -OCH3 is 1. The number of anilines is 1. The van der Waals surface area contributed by atoms with Crippen LogP contribution in [0.15, 0.2) is 22.9 Å². The highest BCUT2D eigenvalue weighted by molar-refractivity contribution is 9.10. The quantitative estimate of drug-likeness (QED) is 0.917. The summed E-state index contributed by atoms with van der Waals surface area (Å²) in [6.45, 7) is 6.28. The normalized spacial score (nSPS) is 13.7. The largest absolute Gasteiger partial charge is 0.379 e. The molecule has 0 bridgehead atoms. The third-order valence-electron chi connectivity index (χ3n) is 3.07. The van der Waals surface area contributed by atoms with Crippen molar-refractivity contribution in [2.45, 2.75) is 38.8 Å². The zero-order chi connectivity index (χ0) is 14.0. The molecule has 0 aliphatic rings. The first-order chi connectivity index (χ1) is 8.91. The minimum absolute atomic E-state index is 0.145. The summed E-state index contributed by atoms with van der Waals surface area (Å²) in [5.41, 5.74) is 0.663. The minimum Gasteiger partial charge on any atom is -0.379 e. The molecule has 104 valence electrons. The lowest BCUT2D eigenvalue weighted by molar-refractivity contribution is 0.0128. The Morgan fingerprint density at radius 2 is 2.26 bits per heavy atom. The van der Waals surface area contributed by atoms with E-state index in [-0.39, 0.29) is 11.6 Å². The second kappa shape index (κ2) is 5.46. The molecule has 1 unspecified atom stereocenters. The highest BCUT2D eigenvalue weighted by atomic mass is 79.9. The fourth-order valence-electron chi connectivity index (χ4n) is 2.05. The summed E-state index contributed by atoms with van der Waals surface area (Å²) < 4.78 is 8.07. The standard InChI is InChI=1S/C13H19BrN4O/c1-9(7-13(2,3)19-4)16-11-5-6-18-12(17-11)10(14)8-15-18/h5-6,8-9H,7H2,1-4H3,(H,16,17). The van der Waals surface area contributed by atoms with E-state index in [2.05, 4.69) is 52.1 Å². The van der Waals surface area contributed by atoms with Crippen molar-refractivity contribution in [1.82, 2.24) is 14.6 Å². The van der Waals surface area contributed by atoms with Gasteiger partial charge >= 0.3 is 0 Å². The van der Waals surface area contributed by atoms with E-state index in [0.29, 0.717) is 0 Å². The maximum atomic E-state index is 5.44. The van der Waals surface area contributed by atoms with Crippen LogP contribution in [-0.4, -0.2) is 33.4 Å². The Morgan fingerprint density at radius 3 is 2.95 bits per heavy atom. The molecule has 0 saturated heterocycles. The van der Waals surface area contributed by atoms with E-state index < -0.39 is 0 Å². The van der Waals surface area contributed by atoms with E-state index in [1.807, 2.05) is 12.3 Å². The summed E-state index contributed by atoms with van der Waals surface area (Å²) in [6, 6.07) is 2.19. The van der Waals surface area contributed by atoms with Gasteiger partial charge in [-0.25, -0.2) is 9.50 Å². The zero-order valence-electron chi connectivity index (χ0n) is 11.6. The molecular weight excluding hydrogens is 308 g/mol. The van der Waals surface area contributed by atoms with E-state index in [0.717, 1.165) is 22.4 Å². The van der Waals surface area contributed by atoms with Crippen molar-refractivity contribution in [2.24, 2.45) is 0 Å². The Kier molecular flexibility index (Phi) is 4.10. The SMILES string of the molecule is COC(C)(C)CC(C)Nc1ccn2ncc(Br)c2n1. The van der Waals surface area contributed by atoms with Crippen molar-refractivity contribution in [3.05, 3.63) is 22.9 Å². The van der Waals surface area contributed by atoms with Gasteiger partial charge in [-0.15, -0.1) is 0 Å². The summed E-state index contributed by atoms with van der Waals surface area (Å²) >= 11 is 3.43. The summed E-state index contributed by atoms with van der Waals surface area (Å²) in [5, 5.41) is 7.56. The van der Waals surface area contributed by atoms with Crippen LogP contribution in [0.1, 0.15) is 27.2 Å². The lowest BCUT2D eigenvalue weighted by Crippen LogP contribution is -2.31. The van der Waals surface area contributed by atoms with Crippen molar-refractivity contribution in [1.29, 1.82) is 0 Å². The predicted molar refractivity (Wildman–Crippen MR) is 79.5 cm³/mol. The first kappa shape index (κ1) is 14.3. The smallest absolute Gasteiger partial charge is 0.171 e. The van der Waals surface area contributed by atoms with Gasteiger partial charge in [0.1, 0.15) is 5.82 Å². The van der Waals surface area contributed by atoms with Crippen molar-refractivity contribution < 1.29 is 4.74 Å². The van der Waals surface area contributed by atoms with Crippen LogP contribution in [0.5, 0.6) is 0 Å². The average Bonchev–Trinajstić information content (AvgIpc) is 2.70. The molecule has 0 amide bonds. The molecule has 0 aliphatic carbocycles. The van der Waals surface area contributed by atoms with Crippen LogP contribution in [0.4, 0.5) is 5.82 Å². The molecule has 2 aromatic heterocycles. The van der Waals surface area contributed by atoms with Crippen LogP contribution in [0.3, 0.4) is 0 Å². The molecule has 0 aromatic carbocycles. The number of fused-ring (bicyclic) bond motifs is 1. The molecule has 1 atom stereocenters.